The first-order valence-electron chi connectivity index (χ1n) is 43.0. The molecule has 3 aliphatic heterocycles. The number of carboxylic acids is 1. The maximum absolute atomic E-state index is 11.3. The highest BCUT2D eigenvalue weighted by Gasteiger charge is 2.49. The van der Waals surface area contributed by atoms with E-state index >= 15 is 0 Å². The fourth-order valence-electron chi connectivity index (χ4n) is 12.7. The van der Waals surface area contributed by atoms with Crippen LogP contribution in [0.2, 0.25) is 0 Å². The summed E-state index contributed by atoms with van der Waals surface area (Å²) in [5.74, 6) is 0.0681. The Morgan fingerprint density at radius 3 is 0.869 bits per heavy atom. The number of hydrogen-bond acceptors (Lipinski definition) is 23. The standard InChI is InChI=1S/C23H38O6.C22H34O8.C22H36O7.C16H26O.C15H25NO/c1-8-16-18(24)19(25)20(26)21(28-16)29-17-10-9-14(13-27-23(5,6)7)11-15(17)12-22(2,3)4;1-21(2,3)10-13-9-12(11-28-22(4,5)6)7-8-14(13)29-20-17(25)15(23)16(24)18(30-20)19(26)27;1-21(2,3)10-14-9-13(12-27-22(4,5)6)7-8-15(14)28-20-19(26)18(25)17(24)16(11-23)29-20;1-15(2,3)11-13-7-9-14(10-8-13)12-17-16(4,5)6;1-14(2,3)16-13-9-7-12(8-10-13)11-17-15(4,5)6/h9-11,16,18-21,24-26H,8,12-13H2,1-7H3;7-9,15-18,20,23-25H,10-11H2,1-6H3,(H,26,27);7-9,16-20,23-26H,10-12H2,1-6H3;7-10H,11-12H2,1-6H3;7-10,16H,11H2,1-6H3. The molecule has 3 heterocycles. The van der Waals surface area contributed by atoms with Gasteiger partial charge in [0.1, 0.15) is 78.3 Å². The van der Waals surface area contributed by atoms with E-state index in [2.05, 4.69) is 205 Å². The molecule has 15 atom stereocenters. The van der Waals surface area contributed by atoms with Crippen molar-refractivity contribution in [2.75, 3.05) is 11.9 Å². The lowest BCUT2D eigenvalue weighted by Gasteiger charge is -2.40. The topological polar surface area (TPSA) is 353 Å². The molecule has 0 aliphatic carbocycles. The first-order chi connectivity index (χ1) is 55.6. The monoisotopic (exact) mass is 1720 g/mol. The second-order valence-corrected chi connectivity index (χ2v) is 43.4. The van der Waals surface area contributed by atoms with Gasteiger partial charge >= 0.3 is 5.97 Å². The molecule has 0 aromatic heterocycles. The Morgan fingerprint density at radius 2 is 0.590 bits per heavy atom. The third kappa shape index (κ3) is 41.2. The summed E-state index contributed by atoms with van der Waals surface area (Å²) in [6.45, 7) is 66.8. The largest absolute Gasteiger partial charge is 0.479 e. The highest BCUT2D eigenvalue weighted by atomic mass is 16.7. The summed E-state index contributed by atoms with van der Waals surface area (Å²) in [7, 11) is 0. The van der Waals surface area contributed by atoms with Crippen molar-refractivity contribution in [1.82, 2.24) is 0 Å². The number of aliphatic hydroxyl groups is 10. The van der Waals surface area contributed by atoms with E-state index in [1.807, 2.05) is 106 Å². The number of carbonyl (C=O) groups is 1. The molecule has 15 unspecified atom stereocenters. The summed E-state index contributed by atoms with van der Waals surface area (Å²) in [5.41, 5.74) is 10.2. The summed E-state index contributed by atoms with van der Waals surface area (Å²) in [4.78, 5) is 11.3. The summed E-state index contributed by atoms with van der Waals surface area (Å²) >= 11 is 0. The van der Waals surface area contributed by atoms with Gasteiger partial charge in [-0.15, -0.1) is 0 Å². The number of carboxylic acid groups (broad SMARTS) is 1. The van der Waals surface area contributed by atoms with E-state index in [4.69, 9.17) is 52.1 Å². The smallest absolute Gasteiger partial charge is 0.335 e. The van der Waals surface area contributed by atoms with E-state index in [0.29, 0.717) is 75.0 Å². The van der Waals surface area contributed by atoms with Crippen LogP contribution in [-0.4, -0.2) is 194 Å². The molecule has 5 aromatic rings. The van der Waals surface area contributed by atoms with Crippen molar-refractivity contribution < 1.29 is 113 Å². The van der Waals surface area contributed by atoms with Crippen LogP contribution in [0.5, 0.6) is 17.2 Å². The number of anilines is 1. The quantitative estimate of drug-likeness (QED) is 0.0273. The van der Waals surface area contributed by atoms with E-state index in [9.17, 15) is 61.0 Å². The van der Waals surface area contributed by atoms with Gasteiger partial charge in [-0.2, -0.15) is 0 Å². The number of benzene rings is 5. The van der Waals surface area contributed by atoms with Gasteiger partial charge < -0.3 is 114 Å². The van der Waals surface area contributed by atoms with Crippen molar-refractivity contribution in [3.05, 3.63) is 153 Å². The number of aliphatic carboxylic acids is 1. The average Bonchev–Trinajstić information content (AvgIpc) is 0.791. The minimum Gasteiger partial charge on any atom is -0.479 e. The Morgan fingerprint density at radius 1 is 0.328 bits per heavy atom. The highest BCUT2D eigenvalue weighted by Crippen LogP contribution is 2.38. The van der Waals surface area contributed by atoms with Crippen LogP contribution in [0, 0.1) is 21.7 Å². The molecule has 12 N–H and O–H groups in total. The zero-order chi connectivity index (χ0) is 93.0. The van der Waals surface area contributed by atoms with Crippen LogP contribution in [0.15, 0.2) is 103 Å². The predicted molar refractivity (Wildman–Crippen MR) is 478 cm³/mol. The minimum atomic E-state index is -1.76. The van der Waals surface area contributed by atoms with Crippen molar-refractivity contribution in [2.45, 2.75) is 405 Å². The number of aliphatic hydroxyl groups excluding tert-OH is 10. The lowest BCUT2D eigenvalue weighted by molar-refractivity contribution is -0.277. The zero-order valence-corrected chi connectivity index (χ0v) is 79.6. The van der Waals surface area contributed by atoms with Crippen LogP contribution in [0.1, 0.15) is 271 Å². The molecule has 0 bridgehead atoms. The van der Waals surface area contributed by atoms with Gasteiger partial charge in [0.2, 0.25) is 18.9 Å². The molecule has 0 radical (unpaired) electrons. The Hall–Kier alpha value is -5.95. The minimum absolute atomic E-state index is 0.0169. The van der Waals surface area contributed by atoms with Crippen molar-refractivity contribution in [3.63, 3.8) is 0 Å². The lowest BCUT2D eigenvalue weighted by Crippen LogP contribution is -2.61. The predicted octanol–water partition coefficient (Wildman–Crippen LogP) is 15.6. The van der Waals surface area contributed by atoms with E-state index in [0.717, 1.165) is 51.9 Å². The highest BCUT2D eigenvalue weighted by molar-refractivity contribution is 5.73. The van der Waals surface area contributed by atoms with Gasteiger partial charge in [-0.1, -0.05) is 145 Å². The molecule has 24 heteroatoms. The molecule has 8 rings (SSSR count). The molecule has 3 saturated heterocycles. The Labute approximate surface area is 730 Å². The van der Waals surface area contributed by atoms with Gasteiger partial charge in [-0.25, -0.2) is 4.79 Å². The summed E-state index contributed by atoms with van der Waals surface area (Å²) < 4.78 is 63.3. The van der Waals surface area contributed by atoms with Crippen molar-refractivity contribution >= 4 is 11.7 Å². The second-order valence-electron chi connectivity index (χ2n) is 43.4. The molecule has 694 valence electrons. The average molecular weight is 1720 g/mol. The van der Waals surface area contributed by atoms with E-state index in [1.54, 1.807) is 12.1 Å². The maximum Gasteiger partial charge on any atom is 0.335 e. The first kappa shape index (κ1) is 108. The van der Waals surface area contributed by atoms with Crippen LogP contribution >= 0.6 is 0 Å². The van der Waals surface area contributed by atoms with Crippen LogP contribution in [-0.2, 0) is 101 Å². The molecule has 122 heavy (non-hydrogen) atoms. The van der Waals surface area contributed by atoms with Crippen molar-refractivity contribution in [1.29, 1.82) is 0 Å². The van der Waals surface area contributed by atoms with Crippen LogP contribution in [0.4, 0.5) is 5.69 Å². The molecule has 0 spiro atoms. The molecule has 24 nitrogen and oxygen atoms in total. The lowest BCUT2D eigenvalue weighted by atomic mass is 9.87. The molecule has 0 saturated carbocycles. The van der Waals surface area contributed by atoms with E-state index in [-0.39, 0.29) is 49.8 Å². The normalized spacial score (nSPS) is 23.9. The fourth-order valence-corrected chi connectivity index (χ4v) is 12.7. The van der Waals surface area contributed by atoms with Crippen LogP contribution in [0.3, 0.4) is 0 Å². The molecular weight excluding hydrogens is 1560 g/mol. The molecule has 3 fully saturated rings. The number of hydrogen-bond donors (Lipinski definition) is 12. The van der Waals surface area contributed by atoms with Gasteiger partial charge in [0, 0.05) is 11.2 Å². The Bertz CT molecular complexity index is 3700. The van der Waals surface area contributed by atoms with Crippen molar-refractivity contribution in [3.8, 4) is 17.2 Å². The van der Waals surface area contributed by atoms with Gasteiger partial charge in [0.25, 0.3) is 0 Å². The number of ether oxygens (including phenoxy) is 11. The summed E-state index contributed by atoms with van der Waals surface area (Å²) in [5, 5.41) is 113. The third-order valence-corrected chi connectivity index (χ3v) is 18.6. The molecule has 0 amide bonds. The Balaban J connectivity index is 0.000000326. The van der Waals surface area contributed by atoms with E-state index in [1.165, 1.54) is 16.7 Å². The number of nitrogens with one attached hydrogen (secondary N) is 1. The molecule has 5 aromatic carbocycles. The van der Waals surface area contributed by atoms with Crippen molar-refractivity contribution in [2.24, 2.45) is 21.7 Å². The van der Waals surface area contributed by atoms with Gasteiger partial charge in [0.05, 0.1) is 73.8 Å². The van der Waals surface area contributed by atoms with E-state index < -0.39 is 105 Å². The fraction of sp³-hybridized carbons (Fsp3) is 0.684. The molecular formula is C98H159NO23. The van der Waals surface area contributed by atoms with Crippen LogP contribution < -0.4 is 19.5 Å². The Kier molecular flexibility index (Phi) is 40.6. The third-order valence-electron chi connectivity index (χ3n) is 18.6. The maximum atomic E-state index is 11.3. The summed E-state index contributed by atoms with van der Waals surface area (Å²) in [6, 6.07) is 34.2. The summed E-state index contributed by atoms with van der Waals surface area (Å²) in [6.07, 6.45) is -16.5. The zero-order valence-electron chi connectivity index (χ0n) is 79.6. The first-order valence-corrected chi connectivity index (χ1v) is 43.0. The van der Waals surface area contributed by atoms with Gasteiger partial charge in [-0.3, -0.25) is 0 Å². The number of rotatable bonds is 24. The SMILES string of the molecule is CC(C)(C)Cc1cc(COC(C)(C)C)ccc1OC1OC(C(=O)O)C(O)C(O)C1O.CC(C)(C)Cc1cc(COC(C)(C)C)ccc1OC1OC(CO)C(O)C(O)C1O.CC(C)(C)Cc1ccc(COC(C)(C)C)cc1.CC(C)(C)Nc1ccc(COC(C)(C)C)cc1.CCC1OC(Oc2ccc(COC(C)(C)C)cc2CC(C)(C)C)C(O)C(O)C1O. The van der Waals surface area contributed by atoms with Gasteiger partial charge in [0.15, 0.2) is 6.10 Å². The van der Waals surface area contributed by atoms with Crippen LogP contribution in [0.25, 0.3) is 0 Å². The second kappa shape index (κ2) is 45.7. The molecule has 3 aliphatic rings. The van der Waals surface area contributed by atoms with Gasteiger partial charge in [-0.05, 0) is 277 Å².